The van der Waals surface area contributed by atoms with E-state index in [2.05, 4.69) is 61.8 Å². The molecule has 0 aliphatic heterocycles. The molecule has 0 radical (unpaired) electrons. The molecule has 9 aliphatic carbocycles. The van der Waals surface area contributed by atoms with E-state index in [-0.39, 0.29) is 0 Å². The van der Waals surface area contributed by atoms with Gasteiger partial charge in [0.1, 0.15) is 0 Å². The first-order chi connectivity index (χ1) is 29.3. The summed E-state index contributed by atoms with van der Waals surface area (Å²) in [5, 5.41) is 0. The molecule has 0 heterocycles. The average molecular weight is 823 g/mol. The molecule has 0 aromatic heterocycles. The molecule has 0 spiro atoms. The Hall–Kier alpha value is -0.600. The normalized spacial score (nSPS) is 47.4. The molecule has 9 rings (SSSR count). The fourth-order valence-corrected chi connectivity index (χ4v) is 16.9. The lowest BCUT2D eigenvalue weighted by Gasteiger charge is -2.61. The summed E-state index contributed by atoms with van der Waals surface area (Å²) >= 11 is 0. The Labute approximate surface area is 373 Å². The standard InChI is InChI=1S/C58H98N2/c1-41-9-17-45(18-10-41)21-23-47-25-33-53(34-26-47)59(51-29-13-43(3)14-30-51)57-37-38-58(56-40-50-8-6-5-7-49(50)39-55(56)57)60(52-31-15-44(4)16-32-52)54-35-27-48(28-36-54)24-22-46-19-11-42(2)12-20-46/h21-24,41-58H,5-20,25-40H2,1-4H3/b23-21+,24-22+. The van der Waals surface area contributed by atoms with Crippen molar-refractivity contribution in [3.8, 4) is 0 Å². The van der Waals surface area contributed by atoms with Gasteiger partial charge < -0.3 is 0 Å². The Kier molecular flexibility index (Phi) is 15.7. The zero-order valence-corrected chi connectivity index (χ0v) is 40.2. The van der Waals surface area contributed by atoms with Crippen molar-refractivity contribution in [3.63, 3.8) is 0 Å². The van der Waals surface area contributed by atoms with Crippen LogP contribution < -0.4 is 0 Å². The van der Waals surface area contributed by atoms with Crippen LogP contribution in [0.1, 0.15) is 233 Å². The van der Waals surface area contributed by atoms with Crippen molar-refractivity contribution in [2.24, 2.45) is 71.0 Å². The zero-order chi connectivity index (χ0) is 41.0. The molecule has 0 saturated heterocycles. The van der Waals surface area contributed by atoms with Crippen LogP contribution in [0.5, 0.6) is 0 Å². The van der Waals surface area contributed by atoms with Crippen molar-refractivity contribution >= 4 is 0 Å². The van der Waals surface area contributed by atoms with E-state index in [1.54, 1.807) is 25.7 Å². The molecule has 9 aliphatic rings. The van der Waals surface area contributed by atoms with E-state index in [1.165, 1.54) is 180 Å². The van der Waals surface area contributed by atoms with E-state index in [9.17, 15) is 0 Å². The number of fused-ring (bicyclic) bond motifs is 2. The minimum Gasteiger partial charge on any atom is -0.294 e. The second-order valence-corrected chi connectivity index (χ2v) is 25.0. The van der Waals surface area contributed by atoms with E-state index in [0.29, 0.717) is 0 Å². The van der Waals surface area contributed by atoms with Crippen LogP contribution >= 0.6 is 0 Å². The van der Waals surface area contributed by atoms with Gasteiger partial charge in [-0.3, -0.25) is 9.80 Å². The van der Waals surface area contributed by atoms with Crippen molar-refractivity contribution in [3.05, 3.63) is 24.3 Å². The summed E-state index contributed by atoms with van der Waals surface area (Å²) < 4.78 is 0. The third-order valence-corrected chi connectivity index (χ3v) is 20.9. The highest BCUT2D eigenvalue weighted by Crippen LogP contribution is 2.55. The third kappa shape index (κ3) is 10.9. The van der Waals surface area contributed by atoms with Gasteiger partial charge in [0.05, 0.1) is 0 Å². The summed E-state index contributed by atoms with van der Waals surface area (Å²) in [4.78, 5) is 6.84. The number of nitrogens with zero attached hydrogens (tertiary/aromatic N) is 2. The third-order valence-electron chi connectivity index (χ3n) is 20.9. The van der Waals surface area contributed by atoms with Gasteiger partial charge in [0, 0.05) is 36.3 Å². The molecule has 6 unspecified atom stereocenters. The first-order valence-corrected chi connectivity index (χ1v) is 28.3. The van der Waals surface area contributed by atoms with Gasteiger partial charge in [0.15, 0.2) is 0 Å². The van der Waals surface area contributed by atoms with Crippen LogP contribution in [0.25, 0.3) is 0 Å². The molecule has 0 N–H and O–H groups in total. The summed E-state index contributed by atoms with van der Waals surface area (Å²) in [5.41, 5.74) is 0. The highest BCUT2D eigenvalue weighted by atomic mass is 15.3. The van der Waals surface area contributed by atoms with Gasteiger partial charge in [-0.2, -0.15) is 0 Å². The molecule has 9 fully saturated rings. The van der Waals surface area contributed by atoms with E-state index in [0.717, 1.165) is 107 Å². The predicted molar refractivity (Wildman–Crippen MR) is 257 cm³/mol. The number of rotatable bonds is 10. The largest absolute Gasteiger partial charge is 0.294 e. The Bertz CT molecular complexity index is 1220. The Balaban J connectivity index is 0.936. The lowest BCUT2D eigenvalue weighted by atomic mass is 9.56. The summed E-state index contributed by atoms with van der Waals surface area (Å²) in [6.45, 7) is 10.1. The molecule has 6 atom stereocenters. The predicted octanol–water partition coefficient (Wildman–Crippen LogP) is 16.0. The van der Waals surface area contributed by atoms with E-state index in [4.69, 9.17) is 0 Å². The first kappa shape index (κ1) is 44.6. The maximum absolute atomic E-state index is 3.42. The zero-order valence-electron chi connectivity index (χ0n) is 40.2. The Morgan fingerprint density at radius 3 is 0.833 bits per heavy atom. The van der Waals surface area contributed by atoms with Crippen LogP contribution in [0, 0.1) is 71.0 Å². The minimum absolute atomic E-state index is 0.850. The van der Waals surface area contributed by atoms with Gasteiger partial charge in [0.25, 0.3) is 0 Å². The van der Waals surface area contributed by atoms with Gasteiger partial charge in [-0.05, 0) is 225 Å². The number of allylic oxidation sites excluding steroid dienone is 4. The van der Waals surface area contributed by atoms with Gasteiger partial charge in [-0.15, -0.1) is 0 Å². The average Bonchev–Trinajstić information content (AvgIpc) is 3.28. The fraction of sp³-hybridized carbons (Fsp3) is 0.931. The van der Waals surface area contributed by atoms with E-state index in [1.807, 2.05) is 0 Å². The van der Waals surface area contributed by atoms with Gasteiger partial charge in [0.2, 0.25) is 0 Å². The van der Waals surface area contributed by atoms with Crippen LogP contribution in [0.15, 0.2) is 24.3 Å². The van der Waals surface area contributed by atoms with Crippen molar-refractivity contribution in [1.82, 2.24) is 9.80 Å². The molecular weight excluding hydrogens is 725 g/mol. The molecule has 0 aromatic carbocycles. The smallest absolute Gasteiger partial charge is 0.0133 e. The van der Waals surface area contributed by atoms with Crippen LogP contribution in [0.2, 0.25) is 0 Å². The van der Waals surface area contributed by atoms with Gasteiger partial charge in [-0.25, -0.2) is 0 Å². The molecule has 2 heteroatoms. The SMILES string of the molecule is CC1CCC(/C=C/C2CCC(N(C3CCC(C)CC3)C3CCC(N(C4CCC(C)CC4)C4CCC(/C=C/C5CCC(C)CC5)CC4)C4CC5CCCCC5CC43)CC2)CC1. The lowest BCUT2D eigenvalue weighted by molar-refractivity contribution is -0.108. The monoisotopic (exact) mass is 823 g/mol. The van der Waals surface area contributed by atoms with Crippen molar-refractivity contribution < 1.29 is 0 Å². The maximum atomic E-state index is 3.42. The molecular formula is C58H98N2. The highest BCUT2D eigenvalue weighted by molar-refractivity contribution is 5.08. The Morgan fingerprint density at radius 1 is 0.283 bits per heavy atom. The molecule has 340 valence electrons. The van der Waals surface area contributed by atoms with Gasteiger partial charge >= 0.3 is 0 Å². The number of hydrogen-bond donors (Lipinski definition) is 0. The molecule has 60 heavy (non-hydrogen) atoms. The molecule has 2 nitrogen and oxygen atoms in total. The van der Waals surface area contributed by atoms with Crippen LogP contribution in [-0.4, -0.2) is 46.1 Å². The fourth-order valence-electron chi connectivity index (χ4n) is 16.9. The minimum atomic E-state index is 0.850. The lowest BCUT2D eigenvalue weighted by Crippen LogP contribution is -2.64. The van der Waals surface area contributed by atoms with Gasteiger partial charge in [-0.1, -0.05) is 103 Å². The summed E-state index contributed by atoms with van der Waals surface area (Å²) in [6.07, 6.45) is 58.6. The molecule has 0 amide bonds. The van der Waals surface area contributed by atoms with Crippen LogP contribution in [0.3, 0.4) is 0 Å². The van der Waals surface area contributed by atoms with Crippen molar-refractivity contribution in [2.75, 3.05) is 0 Å². The van der Waals surface area contributed by atoms with Crippen LogP contribution in [-0.2, 0) is 0 Å². The van der Waals surface area contributed by atoms with E-state index < -0.39 is 0 Å². The second kappa shape index (κ2) is 21.1. The number of hydrogen-bond acceptors (Lipinski definition) is 2. The second-order valence-electron chi connectivity index (χ2n) is 25.0. The summed E-state index contributed by atoms with van der Waals surface area (Å²) in [6, 6.07) is 5.17. The maximum Gasteiger partial charge on any atom is 0.0133 e. The molecule has 0 bridgehead atoms. The summed E-state index contributed by atoms with van der Waals surface area (Å²) in [7, 11) is 0. The topological polar surface area (TPSA) is 6.48 Å². The van der Waals surface area contributed by atoms with Crippen LogP contribution in [0.4, 0.5) is 0 Å². The molecule has 0 aromatic rings. The van der Waals surface area contributed by atoms with Crippen molar-refractivity contribution in [2.45, 2.75) is 269 Å². The molecule has 9 saturated carbocycles. The van der Waals surface area contributed by atoms with E-state index >= 15 is 0 Å². The quantitative estimate of drug-likeness (QED) is 0.203. The first-order valence-electron chi connectivity index (χ1n) is 28.3. The van der Waals surface area contributed by atoms with Crippen molar-refractivity contribution in [1.29, 1.82) is 0 Å². The highest BCUT2D eigenvalue weighted by Gasteiger charge is 2.53. The summed E-state index contributed by atoms with van der Waals surface area (Å²) in [5.74, 6) is 11.3. The Morgan fingerprint density at radius 2 is 0.533 bits per heavy atom.